The smallest absolute Gasteiger partial charge is 0.377 e. The van der Waals surface area contributed by atoms with E-state index in [1.807, 2.05) is 0 Å². The Labute approximate surface area is 164 Å². The first-order valence-electron chi connectivity index (χ1n) is 9.01. The SMILES string of the molecule is COCc1nc2n(n1)CCCC2Nc1cc(C(F)(F)F)nc(-c2ccccn2)n1. The van der Waals surface area contributed by atoms with Gasteiger partial charge in [-0.15, -0.1) is 0 Å². The van der Waals surface area contributed by atoms with Gasteiger partial charge in [0.05, 0.1) is 6.04 Å². The van der Waals surface area contributed by atoms with Gasteiger partial charge in [0, 0.05) is 25.9 Å². The van der Waals surface area contributed by atoms with Crippen LogP contribution in [0, 0.1) is 0 Å². The molecular weight excluding hydrogens is 387 g/mol. The maximum Gasteiger partial charge on any atom is 0.433 e. The first kappa shape index (κ1) is 19.2. The fourth-order valence-electron chi connectivity index (χ4n) is 3.18. The predicted octanol–water partition coefficient (Wildman–Crippen LogP) is 3.24. The number of rotatable bonds is 5. The third-order valence-electron chi connectivity index (χ3n) is 4.42. The topological polar surface area (TPSA) is 90.6 Å². The van der Waals surface area contributed by atoms with E-state index < -0.39 is 11.9 Å². The Bertz CT molecular complexity index is 991. The Balaban J connectivity index is 1.69. The van der Waals surface area contributed by atoms with E-state index in [1.54, 1.807) is 30.0 Å². The van der Waals surface area contributed by atoms with Crippen molar-refractivity contribution in [3.63, 3.8) is 0 Å². The minimum absolute atomic E-state index is 0.0581. The van der Waals surface area contributed by atoms with Crippen molar-refractivity contribution in [2.75, 3.05) is 12.4 Å². The van der Waals surface area contributed by atoms with E-state index in [0.29, 0.717) is 24.6 Å². The lowest BCUT2D eigenvalue weighted by Gasteiger charge is -2.24. The summed E-state index contributed by atoms with van der Waals surface area (Å²) >= 11 is 0. The molecule has 0 spiro atoms. The summed E-state index contributed by atoms with van der Waals surface area (Å²) in [5, 5.41) is 7.44. The van der Waals surface area contributed by atoms with Gasteiger partial charge < -0.3 is 10.1 Å². The third kappa shape index (κ3) is 4.19. The molecule has 1 atom stereocenters. The summed E-state index contributed by atoms with van der Waals surface area (Å²) in [5.41, 5.74) is -0.774. The van der Waals surface area contributed by atoms with Crippen molar-refractivity contribution < 1.29 is 17.9 Å². The predicted molar refractivity (Wildman–Crippen MR) is 96.6 cm³/mol. The standard InChI is InChI=1S/C18H18F3N7O/c1-29-10-15-26-17-12(6-4-8-28(17)27-15)23-14-9-13(18(19,20)21)24-16(25-14)11-5-2-3-7-22-11/h2-3,5,7,9,12H,4,6,8,10H2,1H3,(H,23,24,25). The second-order valence-corrected chi connectivity index (χ2v) is 6.56. The van der Waals surface area contributed by atoms with Crippen LogP contribution in [-0.4, -0.2) is 36.8 Å². The summed E-state index contributed by atoms with van der Waals surface area (Å²) in [6, 6.07) is 5.48. The lowest BCUT2D eigenvalue weighted by molar-refractivity contribution is -0.141. The molecule has 0 aliphatic carbocycles. The summed E-state index contributed by atoms with van der Waals surface area (Å²) in [7, 11) is 1.55. The molecule has 152 valence electrons. The van der Waals surface area contributed by atoms with E-state index in [4.69, 9.17) is 4.74 Å². The van der Waals surface area contributed by atoms with Crippen LogP contribution in [0.3, 0.4) is 0 Å². The molecule has 1 aliphatic heterocycles. The molecule has 0 amide bonds. The lowest BCUT2D eigenvalue weighted by Crippen LogP contribution is -2.23. The van der Waals surface area contributed by atoms with Crippen molar-refractivity contribution in [2.45, 2.75) is 38.2 Å². The molecule has 8 nitrogen and oxygen atoms in total. The maximum atomic E-state index is 13.4. The lowest BCUT2D eigenvalue weighted by atomic mass is 10.1. The molecule has 11 heteroatoms. The number of anilines is 1. The van der Waals surface area contributed by atoms with Crippen molar-refractivity contribution in [1.29, 1.82) is 0 Å². The Morgan fingerprint density at radius 3 is 2.83 bits per heavy atom. The summed E-state index contributed by atoms with van der Waals surface area (Å²) < 4.78 is 47.0. The molecule has 1 N–H and O–H groups in total. The van der Waals surface area contributed by atoms with E-state index >= 15 is 0 Å². The molecule has 3 aromatic rings. The van der Waals surface area contributed by atoms with Crippen LogP contribution in [-0.2, 0) is 24.1 Å². The van der Waals surface area contributed by atoms with Crippen LogP contribution in [0.2, 0.25) is 0 Å². The van der Waals surface area contributed by atoms with Gasteiger partial charge in [-0.1, -0.05) is 6.07 Å². The molecule has 0 saturated carbocycles. The highest BCUT2D eigenvalue weighted by molar-refractivity contribution is 5.53. The average Bonchev–Trinajstić information content (AvgIpc) is 3.12. The van der Waals surface area contributed by atoms with Gasteiger partial charge in [0.25, 0.3) is 0 Å². The quantitative estimate of drug-likeness (QED) is 0.697. The van der Waals surface area contributed by atoms with Crippen LogP contribution in [0.15, 0.2) is 30.5 Å². The number of hydrogen-bond acceptors (Lipinski definition) is 7. The normalized spacial score (nSPS) is 16.5. The number of aryl methyl sites for hydroxylation is 1. The number of methoxy groups -OCH3 is 1. The molecule has 29 heavy (non-hydrogen) atoms. The number of alkyl halides is 3. The van der Waals surface area contributed by atoms with Gasteiger partial charge in [-0.05, 0) is 25.0 Å². The molecule has 4 heterocycles. The van der Waals surface area contributed by atoms with Crippen LogP contribution >= 0.6 is 0 Å². The largest absolute Gasteiger partial charge is 0.433 e. The summed E-state index contributed by atoms with van der Waals surface area (Å²) in [5.74, 6) is 1.14. The van der Waals surface area contributed by atoms with Gasteiger partial charge in [0.1, 0.15) is 23.9 Å². The van der Waals surface area contributed by atoms with Gasteiger partial charge in [-0.25, -0.2) is 19.6 Å². The summed E-state index contributed by atoms with van der Waals surface area (Å²) in [6.45, 7) is 0.962. The maximum absolute atomic E-state index is 13.4. The van der Waals surface area contributed by atoms with E-state index in [9.17, 15) is 13.2 Å². The van der Waals surface area contributed by atoms with Crippen LogP contribution in [0.25, 0.3) is 11.5 Å². The van der Waals surface area contributed by atoms with E-state index in [0.717, 1.165) is 12.5 Å². The fraction of sp³-hybridized carbons (Fsp3) is 0.389. The Kier molecular flexibility index (Phi) is 5.14. The van der Waals surface area contributed by atoms with Crippen LogP contribution in [0.1, 0.15) is 36.2 Å². The van der Waals surface area contributed by atoms with Gasteiger partial charge in [0.2, 0.25) is 0 Å². The Morgan fingerprint density at radius 1 is 1.24 bits per heavy atom. The first-order chi connectivity index (χ1) is 13.9. The Morgan fingerprint density at radius 2 is 2.10 bits per heavy atom. The molecule has 0 bridgehead atoms. The first-order valence-corrected chi connectivity index (χ1v) is 9.01. The van der Waals surface area contributed by atoms with Gasteiger partial charge in [-0.2, -0.15) is 18.3 Å². The number of ether oxygens (including phenoxy) is 1. The third-order valence-corrected chi connectivity index (χ3v) is 4.42. The molecule has 0 saturated heterocycles. The molecular formula is C18H18F3N7O. The number of pyridine rings is 1. The molecule has 0 fully saturated rings. The van der Waals surface area contributed by atoms with E-state index in [2.05, 4.69) is 30.4 Å². The molecule has 1 aliphatic rings. The highest BCUT2D eigenvalue weighted by Crippen LogP contribution is 2.32. The number of fused-ring (bicyclic) bond motifs is 1. The van der Waals surface area contributed by atoms with E-state index in [1.165, 1.54) is 6.20 Å². The summed E-state index contributed by atoms with van der Waals surface area (Å²) in [6.07, 6.45) is -1.63. The van der Waals surface area contributed by atoms with E-state index in [-0.39, 0.29) is 30.0 Å². The molecule has 1 unspecified atom stereocenters. The van der Waals surface area contributed by atoms with Gasteiger partial charge >= 0.3 is 6.18 Å². The van der Waals surface area contributed by atoms with Crippen molar-refractivity contribution in [1.82, 2.24) is 29.7 Å². The number of nitrogens with zero attached hydrogens (tertiary/aromatic N) is 6. The van der Waals surface area contributed by atoms with Crippen LogP contribution in [0.5, 0.6) is 0 Å². The minimum atomic E-state index is -4.61. The minimum Gasteiger partial charge on any atom is -0.377 e. The fourth-order valence-corrected chi connectivity index (χ4v) is 3.18. The van der Waals surface area contributed by atoms with Crippen molar-refractivity contribution in [3.8, 4) is 11.5 Å². The van der Waals surface area contributed by atoms with Gasteiger partial charge in [0.15, 0.2) is 17.3 Å². The molecule has 4 rings (SSSR count). The van der Waals surface area contributed by atoms with Crippen molar-refractivity contribution >= 4 is 5.82 Å². The zero-order valence-electron chi connectivity index (χ0n) is 15.5. The molecule has 3 aromatic heterocycles. The summed E-state index contributed by atoms with van der Waals surface area (Å²) in [4.78, 5) is 16.4. The molecule has 0 radical (unpaired) electrons. The monoisotopic (exact) mass is 405 g/mol. The average molecular weight is 405 g/mol. The number of hydrogen-bond donors (Lipinski definition) is 1. The van der Waals surface area contributed by atoms with Gasteiger partial charge in [-0.3, -0.25) is 4.98 Å². The second kappa shape index (κ2) is 7.74. The number of nitrogens with one attached hydrogen (secondary N) is 1. The highest BCUT2D eigenvalue weighted by atomic mass is 19.4. The van der Waals surface area contributed by atoms with Crippen LogP contribution < -0.4 is 5.32 Å². The van der Waals surface area contributed by atoms with Crippen molar-refractivity contribution in [3.05, 3.63) is 47.8 Å². The highest BCUT2D eigenvalue weighted by Gasteiger charge is 2.34. The second-order valence-electron chi connectivity index (χ2n) is 6.56. The zero-order chi connectivity index (χ0) is 20.4. The number of aromatic nitrogens is 6. The van der Waals surface area contributed by atoms with Crippen molar-refractivity contribution in [2.24, 2.45) is 0 Å². The Hall–Kier alpha value is -3.08. The van der Waals surface area contributed by atoms with Crippen LogP contribution in [0.4, 0.5) is 19.0 Å². The zero-order valence-corrected chi connectivity index (χ0v) is 15.5. The number of halogens is 3. The molecule has 0 aromatic carbocycles.